The molecule has 1 N–H and O–H groups in total. The molecule has 1 amide bonds. The van der Waals surface area contributed by atoms with Crippen LogP contribution in [-0.4, -0.2) is 58.3 Å². The smallest absolute Gasteiger partial charge is 0.251 e. The molecular weight excluding hydrogens is 458 g/mol. The predicted molar refractivity (Wildman–Crippen MR) is 131 cm³/mol. The Balaban J connectivity index is 1.81. The summed E-state index contributed by atoms with van der Waals surface area (Å²) in [6.45, 7) is 0.600. The number of benzene rings is 2. The Kier molecular flexibility index (Phi) is 8.25. The lowest BCUT2D eigenvalue weighted by Gasteiger charge is -2.23. The highest BCUT2D eigenvalue weighted by Gasteiger charge is 2.27. The van der Waals surface area contributed by atoms with Gasteiger partial charge in [-0.25, -0.2) is 8.42 Å². The zero-order valence-electron chi connectivity index (χ0n) is 19.2. The van der Waals surface area contributed by atoms with Gasteiger partial charge in [-0.15, -0.1) is 11.3 Å². The van der Waals surface area contributed by atoms with Crippen LogP contribution in [0.4, 0.5) is 0 Å². The SMILES string of the molecule is COc1ccc(C(=O)NCC(c2cccs2)N(C)C)cc1S(=O)(=O)N(C)Cc1ccccc1. The molecule has 3 aromatic rings. The van der Waals surface area contributed by atoms with Crippen molar-refractivity contribution >= 4 is 27.3 Å². The number of amides is 1. The van der Waals surface area contributed by atoms with E-state index in [0.717, 1.165) is 10.4 Å². The van der Waals surface area contributed by atoms with E-state index in [0.29, 0.717) is 6.54 Å². The van der Waals surface area contributed by atoms with Crippen molar-refractivity contribution in [2.75, 3.05) is 34.8 Å². The van der Waals surface area contributed by atoms with Crippen LogP contribution >= 0.6 is 11.3 Å². The Hall–Kier alpha value is -2.72. The van der Waals surface area contributed by atoms with Crippen LogP contribution in [0.1, 0.15) is 26.8 Å². The molecule has 2 aromatic carbocycles. The molecule has 0 aliphatic rings. The number of hydrogen-bond donors (Lipinski definition) is 1. The number of nitrogens with one attached hydrogen (secondary N) is 1. The number of ether oxygens (including phenoxy) is 1. The molecule has 1 atom stereocenters. The number of thiophene rings is 1. The first-order valence-corrected chi connectivity index (χ1v) is 12.7. The lowest BCUT2D eigenvalue weighted by atomic mass is 10.2. The fourth-order valence-corrected chi connectivity index (χ4v) is 5.68. The largest absolute Gasteiger partial charge is 0.495 e. The summed E-state index contributed by atoms with van der Waals surface area (Å²) in [6.07, 6.45) is 0. The molecule has 1 aromatic heterocycles. The van der Waals surface area contributed by atoms with Gasteiger partial charge in [0.05, 0.1) is 13.2 Å². The van der Waals surface area contributed by atoms with Gasteiger partial charge in [-0.05, 0) is 49.3 Å². The van der Waals surface area contributed by atoms with Crippen LogP contribution < -0.4 is 10.1 Å². The van der Waals surface area contributed by atoms with Gasteiger partial charge in [0.2, 0.25) is 10.0 Å². The normalized spacial score (nSPS) is 12.7. The minimum absolute atomic E-state index is 0.0207. The maximum absolute atomic E-state index is 13.3. The molecule has 0 fully saturated rings. The second-order valence-corrected chi connectivity index (χ2v) is 10.8. The quantitative estimate of drug-likeness (QED) is 0.473. The number of carbonyl (C=O) groups excluding carboxylic acids is 1. The molecule has 0 aliphatic heterocycles. The van der Waals surface area contributed by atoms with Gasteiger partial charge >= 0.3 is 0 Å². The second-order valence-electron chi connectivity index (χ2n) is 7.82. The maximum Gasteiger partial charge on any atom is 0.251 e. The predicted octanol–water partition coefficient (Wildman–Crippen LogP) is 3.61. The Morgan fingerprint density at radius 2 is 1.79 bits per heavy atom. The van der Waals surface area contributed by atoms with E-state index >= 15 is 0 Å². The average Bonchev–Trinajstić information content (AvgIpc) is 3.33. The van der Waals surface area contributed by atoms with Gasteiger partial charge in [-0.2, -0.15) is 4.31 Å². The number of methoxy groups -OCH3 is 1. The Morgan fingerprint density at radius 3 is 2.39 bits per heavy atom. The molecule has 0 bridgehead atoms. The van der Waals surface area contributed by atoms with Crippen LogP contribution in [0.15, 0.2) is 70.9 Å². The third-order valence-electron chi connectivity index (χ3n) is 5.31. The molecule has 176 valence electrons. The van der Waals surface area contributed by atoms with Gasteiger partial charge in [0.25, 0.3) is 5.91 Å². The zero-order chi connectivity index (χ0) is 24.0. The third-order valence-corrected chi connectivity index (χ3v) is 8.11. The molecule has 7 nitrogen and oxygen atoms in total. The number of nitrogens with zero attached hydrogens (tertiary/aromatic N) is 2. The van der Waals surface area contributed by atoms with E-state index in [1.54, 1.807) is 17.4 Å². The fourth-order valence-electron chi connectivity index (χ4n) is 3.42. The summed E-state index contributed by atoms with van der Waals surface area (Å²) in [5, 5.41) is 4.93. The van der Waals surface area contributed by atoms with Crippen LogP contribution in [0.3, 0.4) is 0 Å². The number of rotatable bonds is 10. The number of carbonyl (C=O) groups is 1. The van der Waals surface area contributed by atoms with E-state index in [-0.39, 0.29) is 34.7 Å². The van der Waals surface area contributed by atoms with Crippen molar-refractivity contribution in [3.63, 3.8) is 0 Å². The summed E-state index contributed by atoms with van der Waals surface area (Å²) in [7, 11) is 2.94. The topological polar surface area (TPSA) is 79.0 Å². The standard InChI is InChI=1S/C24H29N3O4S2/c1-26(2)20(22-11-8-14-32-22)16-25-24(28)19-12-13-21(31-4)23(15-19)33(29,30)27(3)17-18-9-6-5-7-10-18/h5-15,20H,16-17H2,1-4H3,(H,25,28). The summed E-state index contributed by atoms with van der Waals surface area (Å²) in [4.78, 5) is 16.0. The van der Waals surface area contributed by atoms with E-state index in [1.807, 2.05) is 66.8 Å². The van der Waals surface area contributed by atoms with Crippen molar-refractivity contribution in [1.82, 2.24) is 14.5 Å². The minimum Gasteiger partial charge on any atom is -0.495 e. The summed E-state index contributed by atoms with van der Waals surface area (Å²) >= 11 is 1.63. The molecule has 1 unspecified atom stereocenters. The van der Waals surface area contributed by atoms with Gasteiger partial charge in [0.1, 0.15) is 10.6 Å². The highest BCUT2D eigenvalue weighted by molar-refractivity contribution is 7.89. The molecule has 33 heavy (non-hydrogen) atoms. The van der Waals surface area contributed by atoms with Crippen molar-refractivity contribution in [3.05, 3.63) is 82.0 Å². The van der Waals surface area contributed by atoms with Gasteiger partial charge in [0.15, 0.2) is 0 Å². The third kappa shape index (κ3) is 6.00. The molecule has 1 heterocycles. The lowest BCUT2D eigenvalue weighted by Crippen LogP contribution is -2.34. The summed E-state index contributed by atoms with van der Waals surface area (Å²) in [5.74, 6) is -0.153. The average molecular weight is 488 g/mol. The van der Waals surface area contributed by atoms with Gasteiger partial charge in [-0.1, -0.05) is 36.4 Å². The van der Waals surface area contributed by atoms with E-state index in [1.165, 1.54) is 30.6 Å². The summed E-state index contributed by atoms with van der Waals surface area (Å²) in [5.41, 5.74) is 1.12. The lowest BCUT2D eigenvalue weighted by molar-refractivity contribution is 0.0942. The van der Waals surface area contributed by atoms with E-state index in [9.17, 15) is 13.2 Å². The van der Waals surface area contributed by atoms with Crippen molar-refractivity contribution < 1.29 is 17.9 Å². The van der Waals surface area contributed by atoms with Crippen molar-refractivity contribution in [3.8, 4) is 5.75 Å². The fraction of sp³-hybridized carbons (Fsp3) is 0.292. The summed E-state index contributed by atoms with van der Waals surface area (Å²) in [6, 6.07) is 17.8. The first kappa shape index (κ1) is 24.9. The molecule has 3 rings (SSSR count). The molecule has 0 spiro atoms. The Bertz CT molecular complexity index is 1160. The second kappa shape index (κ2) is 10.9. The van der Waals surface area contributed by atoms with Crippen LogP contribution in [0.5, 0.6) is 5.75 Å². The number of sulfonamides is 1. The highest BCUT2D eigenvalue weighted by Crippen LogP contribution is 2.28. The number of hydrogen-bond acceptors (Lipinski definition) is 6. The molecule has 0 saturated heterocycles. The van der Waals surface area contributed by atoms with E-state index in [4.69, 9.17) is 4.74 Å². The zero-order valence-corrected chi connectivity index (χ0v) is 20.8. The summed E-state index contributed by atoms with van der Waals surface area (Å²) < 4.78 is 33.2. The molecule has 0 aliphatic carbocycles. The van der Waals surface area contributed by atoms with Gasteiger partial charge < -0.3 is 15.0 Å². The number of likely N-dealkylation sites (N-methyl/N-ethyl adjacent to an activating group) is 1. The molecular formula is C24H29N3O4S2. The molecule has 0 radical (unpaired) electrons. The first-order valence-electron chi connectivity index (χ1n) is 10.4. The van der Waals surface area contributed by atoms with Gasteiger partial charge in [-0.3, -0.25) is 4.79 Å². The van der Waals surface area contributed by atoms with Gasteiger partial charge in [0, 0.05) is 30.6 Å². The monoisotopic (exact) mass is 487 g/mol. The van der Waals surface area contributed by atoms with Crippen LogP contribution in [0, 0.1) is 0 Å². The Labute approximate surface area is 199 Å². The first-order chi connectivity index (χ1) is 15.7. The molecule has 0 saturated carbocycles. The minimum atomic E-state index is -3.89. The molecule has 9 heteroatoms. The van der Waals surface area contributed by atoms with E-state index < -0.39 is 10.0 Å². The maximum atomic E-state index is 13.3. The van der Waals surface area contributed by atoms with Crippen molar-refractivity contribution in [1.29, 1.82) is 0 Å². The van der Waals surface area contributed by atoms with Crippen molar-refractivity contribution in [2.45, 2.75) is 17.5 Å². The van der Waals surface area contributed by atoms with Crippen LogP contribution in [0.25, 0.3) is 0 Å². The van der Waals surface area contributed by atoms with Crippen LogP contribution in [-0.2, 0) is 16.6 Å². The Morgan fingerprint density at radius 1 is 1.06 bits per heavy atom. The van der Waals surface area contributed by atoms with Crippen molar-refractivity contribution in [2.24, 2.45) is 0 Å². The van der Waals surface area contributed by atoms with E-state index in [2.05, 4.69) is 5.32 Å². The highest BCUT2D eigenvalue weighted by atomic mass is 32.2. The van der Waals surface area contributed by atoms with Crippen LogP contribution in [0.2, 0.25) is 0 Å².